The lowest BCUT2D eigenvalue weighted by molar-refractivity contribution is -0.123. The number of carbonyl (C=O) groups is 2. The first-order valence-electron chi connectivity index (χ1n) is 12.6. The largest absolute Gasteiger partial charge is 0.497 e. The van der Waals surface area contributed by atoms with Crippen LogP contribution in [0.1, 0.15) is 47.8 Å². The number of carbonyl (C=O) groups excluding carboxylic acids is 2. The number of nitriles is 1. The van der Waals surface area contributed by atoms with Gasteiger partial charge >= 0.3 is 0 Å². The summed E-state index contributed by atoms with van der Waals surface area (Å²) in [4.78, 5) is 25.6. The minimum atomic E-state index is -0.801. The molecule has 0 radical (unpaired) electrons. The van der Waals surface area contributed by atoms with Crippen LogP contribution < -0.4 is 25.0 Å². The Balaban J connectivity index is 1.69. The van der Waals surface area contributed by atoms with Crippen LogP contribution in [0, 0.1) is 17.2 Å². The highest BCUT2D eigenvalue weighted by atomic mass is 79.9. The maximum Gasteiger partial charge on any atom is 0.262 e. The third-order valence-corrected chi connectivity index (χ3v) is 6.41. The van der Waals surface area contributed by atoms with Gasteiger partial charge in [-0.25, -0.2) is 5.43 Å². The first kappa shape index (κ1) is 30.2. The fourth-order valence-corrected chi connectivity index (χ4v) is 4.29. The maximum atomic E-state index is 12.9. The van der Waals surface area contributed by atoms with Crippen molar-refractivity contribution in [1.29, 1.82) is 5.26 Å². The minimum absolute atomic E-state index is 0.182. The van der Waals surface area contributed by atoms with E-state index in [9.17, 15) is 14.9 Å². The Hall–Kier alpha value is -4.36. The minimum Gasteiger partial charge on any atom is -0.497 e. The van der Waals surface area contributed by atoms with Gasteiger partial charge in [-0.15, -0.1) is 0 Å². The summed E-state index contributed by atoms with van der Waals surface area (Å²) in [5.74, 6) is 0.584. The topological polar surface area (TPSA) is 122 Å². The van der Waals surface area contributed by atoms with E-state index in [4.69, 9.17) is 14.2 Å². The van der Waals surface area contributed by atoms with Crippen LogP contribution in [0.15, 0.2) is 70.2 Å². The summed E-state index contributed by atoms with van der Waals surface area (Å²) in [6.07, 6.45) is 1.47. The van der Waals surface area contributed by atoms with Crippen molar-refractivity contribution in [1.82, 2.24) is 10.7 Å². The van der Waals surface area contributed by atoms with Crippen LogP contribution in [0.25, 0.3) is 0 Å². The average Bonchev–Trinajstić information content (AvgIpc) is 2.95. The zero-order valence-electron chi connectivity index (χ0n) is 22.7. The highest BCUT2D eigenvalue weighted by molar-refractivity contribution is 9.10. The fraction of sp³-hybridized carbons (Fsp3) is 0.267. The normalized spacial score (nSPS) is 11.5. The first-order valence-corrected chi connectivity index (χ1v) is 13.4. The second-order valence-corrected chi connectivity index (χ2v) is 9.83. The predicted molar refractivity (Wildman–Crippen MR) is 156 cm³/mol. The molecule has 0 saturated heterocycles. The van der Waals surface area contributed by atoms with Gasteiger partial charge in [-0.2, -0.15) is 10.4 Å². The zero-order chi connectivity index (χ0) is 29.1. The molecule has 40 heavy (non-hydrogen) atoms. The van der Waals surface area contributed by atoms with Crippen molar-refractivity contribution in [2.24, 2.45) is 11.0 Å². The van der Waals surface area contributed by atoms with Crippen LogP contribution in [0.5, 0.6) is 17.2 Å². The summed E-state index contributed by atoms with van der Waals surface area (Å²) >= 11 is 3.52. The molecular formula is C30H31BrN4O5. The molecule has 0 heterocycles. The molecule has 1 atom stereocenters. The molecule has 0 spiro atoms. The number of nitrogens with zero attached hydrogens (tertiary/aromatic N) is 2. The Morgan fingerprint density at radius 3 is 2.48 bits per heavy atom. The molecule has 208 valence electrons. The van der Waals surface area contributed by atoms with Crippen LogP contribution in [-0.2, 0) is 11.4 Å². The van der Waals surface area contributed by atoms with E-state index in [0.29, 0.717) is 45.0 Å². The van der Waals surface area contributed by atoms with E-state index in [1.54, 1.807) is 55.6 Å². The van der Waals surface area contributed by atoms with Gasteiger partial charge in [-0.3, -0.25) is 9.59 Å². The van der Waals surface area contributed by atoms with Crippen LogP contribution >= 0.6 is 15.9 Å². The molecule has 2 N–H and O–H groups in total. The number of halogens is 1. The lowest BCUT2D eigenvalue weighted by atomic mass is 10.0. The number of benzene rings is 3. The molecular weight excluding hydrogens is 576 g/mol. The lowest BCUT2D eigenvalue weighted by Gasteiger charge is -2.20. The molecule has 0 fully saturated rings. The van der Waals surface area contributed by atoms with E-state index in [2.05, 4.69) is 37.8 Å². The maximum absolute atomic E-state index is 12.9. The summed E-state index contributed by atoms with van der Waals surface area (Å²) in [5.41, 5.74) is 4.86. The number of hydrazone groups is 1. The second-order valence-electron chi connectivity index (χ2n) is 8.98. The Morgan fingerprint density at radius 2 is 1.82 bits per heavy atom. The van der Waals surface area contributed by atoms with E-state index >= 15 is 0 Å². The SMILES string of the molecule is CCOc1cc(C=NNC(=O)C(NC(=O)c2ccc(OC)cc2)C(C)C)cc(Br)c1OCc1ccccc1C#N. The van der Waals surface area contributed by atoms with E-state index < -0.39 is 11.9 Å². The van der Waals surface area contributed by atoms with E-state index in [1.165, 1.54) is 6.21 Å². The molecule has 0 saturated carbocycles. The van der Waals surface area contributed by atoms with Gasteiger partial charge in [0.15, 0.2) is 11.5 Å². The van der Waals surface area contributed by atoms with Crippen molar-refractivity contribution in [3.63, 3.8) is 0 Å². The first-order chi connectivity index (χ1) is 19.3. The molecule has 0 bridgehead atoms. The Kier molecular flexibility index (Phi) is 11.1. The van der Waals surface area contributed by atoms with Crippen LogP contribution in [-0.4, -0.2) is 37.8 Å². The third kappa shape index (κ3) is 8.07. The summed E-state index contributed by atoms with van der Waals surface area (Å²) in [5, 5.41) is 16.2. The molecule has 0 aliphatic rings. The predicted octanol–water partition coefficient (Wildman–Crippen LogP) is 5.21. The highest BCUT2D eigenvalue weighted by Crippen LogP contribution is 2.37. The molecule has 0 aliphatic heterocycles. The van der Waals surface area contributed by atoms with Crippen LogP contribution in [0.2, 0.25) is 0 Å². The van der Waals surface area contributed by atoms with Crippen LogP contribution in [0.4, 0.5) is 0 Å². The van der Waals surface area contributed by atoms with Gasteiger partial charge in [0.25, 0.3) is 11.8 Å². The lowest BCUT2D eigenvalue weighted by Crippen LogP contribution is -2.48. The number of amides is 2. The number of nitrogens with one attached hydrogen (secondary N) is 2. The number of rotatable bonds is 12. The van der Waals surface area contributed by atoms with Crippen molar-refractivity contribution in [2.45, 2.75) is 33.4 Å². The molecule has 3 aromatic rings. The zero-order valence-corrected chi connectivity index (χ0v) is 24.3. The summed E-state index contributed by atoms with van der Waals surface area (Å²) in [7, 11) is 1.55. The smallest absolute Gasteiger partial charge is 0.262 e. The van der Waals surface area contributed by atoms with Gasteiger partial charge in [0.2, 0.25) is 0 Å². The molecule has 0 aliphatic carbocycles. The Labute approximate surface area is 242 Å². The van der Waals surface area contributed by atoms with Crippen molar-refractivity contribution >= 4 is 34.0 Å². The van der Waals surface area contributed by atoms with Crippen molar-refractivity contribution in [3.05, 3.63) is 87.4 Å². The number of hydrogen-bond acceptors (Lipinski definition) is 7. The van der Waals surface area contributed by atoms with E-state index in [0.717, 1.165) is 5.56 Å². The molecule has 3 rings (SSSR count). The van der Waals surface area contributed by atoms with E-state index in [1.807, 2.05) is 32.9 Å². The van der Waals surface area contributed by atoms with Crippen molar-refractivity contribution in [2.75, 3.05) is 13.7 Å². The molecule has 2 amide bonds. The Morgan fingerprint density at radius 1 is 1.10 bits per heavy atom. The van der Waals surface area contributed by atoms with Gasteiger partial charge in [0.05, 0.1) is 36.0 Å². The number of ether oxygens (including phenoxy) is 3. The standard InChI is InChI=1S/C30H31BrN4O5/c1-5-39-26-15-20(14-25(31)28(26)40-18-23-9-7-6-8-22(23)16-32)17-33-35-30(37)27(19(2)3)34-29(36)21-10-12-24(38-4)13-11-21/h6-15,17,19,27H,5,18H2,1-4H3,(H,34,36)(H,35,37). The molecule has 3 aromatic carbocycles. The highest BCUT2D eigenvalue weighted by Gasteiger charge is 2.24. The van der Waals surface area contributed by atoms with Gasteiger partial charge in [-0.05, 0) is 76.8 Å². The third-order valence-electron chi connectivity index (χ3n) is 5.82. The van der Waals surface area contributed by atoms with Gasteiger partial charge in [-0.1, -0.05) is 32.0 Å². The summed E-state index contributed by atoms with van der Waals surface area (Å²) in [6, 6.07) is 18.7. The monoisotopic (exact) mass is 606 g/mol. The molecule has 0 aromatic heterocycles. The Bertz CT molecular complexity index is 1400. The van der Waals surface area contributed by atoms with Crippen molar-refractivity contribution < 1.29 is 23.8 Å². The fourth-order valence-electron chi connectivity index (χ4n) is 3.71. The molecule has 9 nitrogen and oxygen atoms in total. The average molecular weight is 608 g/mol. The summed E-state index contributed by atoms with van der Waals surface area (Å²) < 4.78 is 17.5. The second kappa shape index (κ2) is 14.7. The molecule has 1 unspecified atom stereocenters. The number of hydrogen-bond donors (Lipinski definition) is 2. The quantitative estimate of drug-likeness (QED) is 0.215. The van der Waals surface area contributed by atoms with Gasteiger partial charge in [0, 0.05) is 11.1 Å². The van der Waals surface area contributed by atoms with E-state index in [-0.39, 0.29) is 18.4 Å². The van der Waals surface area contributed by atoms with Crippen molar-refractivity contribution in [3.8, 4) is 23.3 Å². The number of methoxy groups -OCH3 is 1. The van der Waals surface area contributed by atoms with Crippen LogP contribution in [0.3, 0.4) is 0 Å². The summed E-state index contributed by atoms with van der Waals surface area (Å²) in [6.45, 7) is 6.11. The van der Waals surface area contributed by atoms with Gasteiger partial charge < -0.3 is 19.5 Å². The van der Waals surface area contributed by atoms with Gasteiger partial charge in [0.1, 0.15) is 18.4 Å². The molecule has 10 heteroatoms.